The van der Waals surface area contributed by atoms with Gasteiger partial charge in [-0.05, 0) is 31.0 Å². The summed E-state index contributed by atoms with van der Waals surface area (Å²) in [6.07, 6.45) is 1.63. The summed E-state index contributed by atoms with van der Waals surface area (Å²) in [7, 11) is 3.30. The van der Waals surface area contributed by atoms with Crippen molar-refractivity contribution in [1.82, 2.24) is 4.90 Å². The van der Waals surface area contributed by atoms with Gasteiger partial charge in [0.2, 0.25) is 0 Å². The van der Waals surface area contributed by atoms with Crippen molar-refractivity contribution in [2.24, 2.45) is 5.92 Å². The molecule has 0 bridgehead atoms. The molecule has 4 heteroatoms. The molecule has 1 saturated heterocycles. The Morgan fingerprint density at radius 1 is 1.19 bits per heavy atom. The molecule has 1 aromatic carbocycles. The molecule has 2 atom stereocenters. The molecule has 0 radical (unpaired) electrons. The highest BCUT2D eigenvalue weighted by Gasteiger charge is 2.30. The first-order valence-corrected chi connectivity index (χ1v) is 7.54. The maximum absolute atomic E-state index is 11.7. The predicted molar refractivity (Wildman–Crippen MR) is 83.1 cm³/mol. The molecule has 2 rings (SSSR count). The molecule has 116 valence electrons. The first-order valence-electron chi connectivity index (χ1n) is 7.54. The normalized spacial score (nSPS) is 23.1. The number of methoxy groups -OCH3 is 2. The predicted octanol–water partition coefficient (Wildman–Crippen LogP) is 2.55. The quantitative estimate of drug-likeness (QED) is 0.835. The topological polar surface area (TPSA) is 38.8 Å². The second-order valence-corrected chi connectivity index (χ2v) is 5.72. The van der Waals surface area contributed by atoms with Gasteiger partial charge in [-0.25, -0.2) is 0 Å². The number of carbonyl (C=O) groups excluding carboxylic acids is 1. The molecular weight excluding hydrogens is 266 g/mol. The van der Waals surface area contributed by atoms with Crippen LogP contribution < -0.4 is 9.47 Å². The van der Waals surface area contributed by atoms with Crippen LogP contribution in [0.2, 0.25) is 0 Å². The number of ether oxygens (including phenoxy) is 2. The molecule has 0 spiro atoms. The van der Waals surface area contributed by atoms with Gasteiger partial charge in [0.25, 0.3) is 0 Å². The number of ketones is 1. The van der Waals surface area contributed by atoms with Crippen LogP contribution in [-0.4, -0.2) is 44.0 Å². The van der Waals surface area contributed by atoms with E-state index in [0.29, 0.717) is 18.2 Å². The lowest BCUT2D eigenvalue weighted by molar-refractivity contribution is -0.127. The average Bonchev–Trinajstić information content (AvgIpc) is 2.51. The molecule has 0 amide bonds. The van der Waals surface area contributed by atoms with E-state index in [0.717, 1.165) is 31.0 Å². The highest BCUT2D eigenvalue weighted by atomic mass is 16.5. The molecule has 21 heavy (non-hydrogen) atoms. The van der Waals surface area contributed by atoms with Gasteiger partial charge < -0.3 is 9.47 Å². The standard InChI is InChI=1S/C17H25NO3/c1-12-13(2)18(10-8-15(12)19)9-7-14-5-6-16(20-3)17(11-14)21-4/h5-6,11-13H,7-10H2,1-4H3/t12-,13+/m0/s1. The maximum Gasteiger partial charge on any atom is 0.160 e. The van der Waals surface area contributed by atoms with Crippen molar-refractivity contribution in [3.8, 4) is 11.5 Å². The minimum Gasteiger partial charge on any atom is -0.493 e. The molecular formula is C17H25NO3. The van der Waals surface area contributed by atoms with Crippen molar-refractivity contribution in [3.05, 3.63) is 23.8 Å². The van der Waals surface area contributed by atoms with Crippen molar-refractivity contribution in [2.75, 3.05) is 27.3 Å². The molecule has 1 fully saturated rings. The number of piperidine rings is 1. The van der Waals surface area contributed by atoms with Crippen LogP contribution in [0.25, 0.3) is 0 Å². The first-order chi connectivity index (χ1) is 10.1. The number of Topliss-reactive ketones (excluding diaryl/α,β-unsaturated/α-hetero) is 1. The van der Waals surface area contributed by atoms with E-state index in [1.807, 2.05) is 19.1 Å². The van der Waals surface area contributed by atoms with E-state index in [1.54, 1.807) is 14.2 Å². The fraction of sp³-hybridized carbons (Fsp3) is 0.588. The lowest BCUT2D eigenvalue weighted by Gasteiger charge is -2.37. The molecule has 1 aromatic rings. The lowest BCUT2D eigenvalue weighted by Crippen LogP contribution is -2.47. The zero-order valence-electron chi connectivity index (χ0n) is 13.4. The number of nitrogens with zero attached hydrogens (tertiary/aromatic N) is 1. The summed E-state index contributed by atoms with van der Waals surface area (Å²) in [5.74, 6) is 2.06. The van der Waals surface area contributed by atoms with Crippen LogP contribution in [0.1, 0.15) is 25.8 Å². The van der Waals surface area contributed by atoms with E-state index in [2.05, 4.69) is 17.9 Å². The summed E-state index contributed by atoms with van der Waals surface area (Å²) in [4.78, 5) is 14.1. The smallest absolute Gasteiger partial charge is 0.160 e. The SMILES string of the molecule is COc1ccc(CCN2CCC(=O)[C@@H](C)[C@H]2C)cc1OC. The number of likely N-dealkylation sites (tertiary alicyclic amines) is 1. The summed E-state index contributed by atoms with van der Waals surface area (Å²) in [5.41, 5.74) is 1.23. The van der Waals surface area contributed by atoms with Gasteiger partial charge >= 0.3 is 0 Å². The van der Waals surface area contributed by atoms with Crippen molar-refractivity contribution in [3.63, 3.8) is 0 Å². The third-order valence-electron chi connectivity index (χ3n) is 4.59. The molecule has 0 N–H and O–H groups in total. The highest BCUT2D eigenvalue weighted by Crippen LogP contribution is 2.28. The molecule has 0 saturated carbocycles. The number of carbonyl (C=O) groups is 1. The number of benzene rings is 1. The second-order valence-electron chi connectivity index (χ2n) is 5.72. The van der Waals surface area contributed by atoms with Crippen molar-refractivity contribution in [2.45, 2.75) is 32.7 Å². The molecule has 1 aliphatic rings. The van der Waals surface area contributed by atoms with Crippen LogP contribution >= 0.6 is 0 Å². The Morgan fingerprint density at radius 2 is 1.90 bits per heavy atom. The molecule has 0 unspecified atom stereocenters. The van der Waals surface area contributed by atoms with Crippen LogP contribution in [0.5, 0.6) is 11.5 Å². The number of rotatable bonds is 5. The van der Waals surface area contributed by atoms with E-state index in [9.17, 15) is 4.79 Å². The third kappa shape index (κ3) is 3.56. The summed E-state index contributed by atoms with van der Waals surface area (Å²) in [6, 6.07) is 6.37. The monoisotopic (exact) mass is 291 g/mol. The molecule has 1 aliphatic heterocycles. The largest absolute Gasteiger partial charge is 0.493 e. The summed E-state index contributed by atoms with van der Waals surface area (Å²) in [5, 5.41) is 0. The van der Waals surface area contributed by atoms with E-state index < -0.39 is 0 Å². The van der Waals surface area contributed by atoms with Gasteiger partial charge in [-0.15, -0.1) is 0 Å². The zero-order chi connectivity index (χ0) is 15.4. The van der Waals surface area contributed by atoms with Crippen LogP contribution in [0.3, 0.4) is 0 Å². The van der Waals surface area contributed by atoms with Crippen LogP contribution in [0, 0.1) is 5.92 Å². The van der Waals surface area contributed by atoms with Crippen LogP contribution in [-0.2, 0) is 11.2 Å². The summed E-state index contributed by atoms with van der Waals surface area (Å²) < 4.78 is 10.6. The minimum atomic E-state index is 0.143. The van der Waals surface area contributed by atoms with E-state index in [-0.39, 0.29) is 5.92 Å². The van der Waals surface area contributed by atoms with Crippen molar-refractivity contribution in [1.29, 1.82) is 0 Å². The number of hydrogen-bond donors (Lipinski definition) is 0. The van der Waals surface area contributed by atoms with Gasteiger partial charge in [-0.3, -0.25) is 9.69 Å². The summed E-state index contributed by atoms with van der Waals surface area (Å²) in [6.45, 7) is 6.03. The Kier molecular flexibility index (Phi) is 5.23. The summed E-state index contributed by atoms with van der Waals surface area (Å²) >= 11 is 0. The lowest BCUT2D eigenvalue weighted by atomic mass is 9.90. The Balaban J connectivity index is 1.98. The average molecular weight is 291 g/mol. The highest BCUT2D eigenvalue weighted by molar-refractivity contribution is 5.82. The van der Waals surface area contributed by atoms with Gasteiger partial charge in [0.1, 0.15) is 5.78 Å². The Bertz CT molecular complexity index is 501. The fourth-order valence-electron chi connectivity index (χ4n) is 2.89. The third-order valence-corrected chi connectivity index (χ3v) is 4.59. The molecule has 0 aromatic heterocycles. The van der Waals surface area contributed by atoms with Crippen molar-refractivity contribution < 1.29 is 14.3 Å². The van der Waals surface area contributed by atoms with Crippen LogP contribution in [0.4, 0.5) is 0 Å². The Morgan fingerprint density at radius 3 is 2.57 bits per heavy atom. The minimum absolute atomic E-state index is 0.143. The van der Waals surface area contributed by atoms with Gasteiger partial charge in [-0.1, -0.05) is 13.0 Å². The molecule has 0 aliphatic carbocycles. The molecule has 4 nitrogen and oxygen atoms in total. The van der Waals surface area contributed by atoms with E-state index >= 15 is 0 Å². The van der Waals surface area contributed by atoms with Gasteiger partial charge in [0.05, 0.1) is 14.2 Å². The fourth-order valence-corrected chi connectivity index (χ4v) is 2.89. The van der Waals surface area contributed by atoms with Crippen molar-refractivity contribution >= 4 is 5.78 Å². The van der Waals surface area contributed by atoms with E-state index in [4.69, 9.17) is 9.47 Å². The molecule has 1 heterocycles. The van der Waals surface area contributed by atoms with Gasteiger partial charge in [0.15, 0.2) is 11.5 Å². The van der Waals surface area contributed by atoms with E-state index in [1.165, 1.54) is 5.56 Å². The van der Waals surface area contributed by atoms with Gasteiger partial charge in [0, 0.05) is 31.5 Å². The zero-order valence-corrected chi connectivity index (χ0v) is 13.4. The Labute approximate surface area is 127 Å². The van der Waals surface area contributed by atoms with Gasteiger partial charge in [-0.2, -0.15) is 0 Å². The maximum atomic E-state index is 11.7. The van der Waals surface area contributed by atoms with Crippen LogP contribution in [0.15, 0.2) is 18.2 Å². The first kappa shape index (κ1) is 15.8. The second kappa shape index (κ2) is 6.94. The number of hydrogen-bond acceptors (Lipinski definition) is 4. The Hall–Kier alpha value is -1.55.